The molecule has 0 saturated heterocycles. The van der Waals surface area contributed by atoms with Crippen molar-refractivity contribution in [2.75, 3.05) is 0 Å². The van der Waals surface area contributed by atoms with Crippen LogP contribution in [-0.2, 0) is 14.4 Å². The lowest BCUT2D eigenvalue weighted by Crippen LogP contribution is -2.32. The summed E-state index contributed by atoms with van der Waals surface area (Å²) in [7, 11) is 0. The maximum atomic E-state index is 11.7. The Kier molecular flexibility index (Phi) is 6.69. The second-order valence-electron chi connectivity index (χ2n) is 7.66. The highest BCUT2D eigenvalue weighted by Gasteiger charge is 2.43. The largest absolute Gasteiger partial charge is 0.307 e. The number of ketones is 1. The van der Waals surface area contributed by atoms with E-state index in [2.05, 4.69) is 26.0 Å². The first-order valence-electron chi connectivity index (χ1n) is 9.61. The maximum absolute atomic E-state index is 11.7. The zero-order valence-corrected chi connectivity index (χ0v) is 16.2. The van der Waals surface area contributed by atoms with E-state index in [1.54, 1.807) is 22.8 Å². The molecule has 140 valence electrons. The van der Waals surface area contributed by atoms with Gasteiger partial charge in [-0.3, -0.25) is 4.79 Å². The zero-order chi connectivity index (χ0) is 19.3. The predicted molar refractivity (Wildman–Crippen MR) is 105 cm³/mol. The number of allylic oxidation sites excluding steroid dienone is 8. The third-order valence-corrected chi connectivity index (χ3v) is 6.22. The molecular weight excluding hydrogens is 324 g/mol. The van der Waals surface area contributed by atoms with Crippen LogP contribution in [0.1, 0.15) is 59.3 Å². The van der Waals surface area contributed by atoms with Crippen LogP contribution in [0.25, 0.3) is 0 Å². The second-order valence-corrected chi connectivity index (χ2v) is 7.66. The molecule has 3 unspecified atom stereocenters. The van der Waals surface area contributed by atoms with Crippen molar-refractivity contribution in [2.24, 2.45) is 17.3 Å². The quantitative estimate of drug-likeness (QED) is 0.627. The normalized spacial score (nSPS) is 31.1. The number of carbonyl (C=O) groups excluding carboxylic acids is 3. The third-order valence-electron chi connectivity index (χ3n) is 6.22. The summed E-state index contributed by atoms with van der Waals surface area (Å²) in [6.07, 6.45) is 15.8. The lowest BCUT2D eigenvalue weighted by Gasteiger charge is -2.44. The van der Waals surface area contributed by atoms with Crippen molar-refractivity contribution in [3.8, 4) is 0 Å². The molecule has 0 radical (unpaired) electrons. The summed E-state index contributed by atoms with van der Waals surface area (Å²) < 4.78 is 0. The lowest BCUT2D eigenvalue weighted by atomic mass is 9.60. The van der Waals surface area contributed by atoms with Gasteiger partial charge in [-0.15, -0.1) is 0 Å². The standard InChI is InChI=1S/C19H22O.C3H6O.CH2O/c1-12-3-5-16-15(12)7-8-18-17(16)6-4-13-11-14(20)9-10-19(13,18)2;1-2-3-4;1-2/h5,9-12,15H,3-4,6-8H2,1-2H3;3H,2H2,1H3;1H2. The minimum absolute atomic E-state index is 0.0269. The van der Waals surface area contributed by atoms with Gasteiger partial charge in [0.1, 0.15) is 13.1 Å². The molecular formula is C23H30O3. The zero-order valence-electron chi connectivity index (χ0n) is 16.2. The molecule has 0 aliphatic heterocycles. The van der Waals surface area contributed by atoms with Crippen molar-refractivity contribution in [2.45, 2.75) is 59.3 Å². The summed E-state index contributed by atoms with van der Waals surface area (Å²) in [4.78, 5) is 28.8. The molecule has 3 heteroatoms. The summed E-state index contributed by atoms with van der Waals surface area (Å²) in [5.74, 6) is 1.80. The van der Waals surface area contributed by atoms with Crippen molar-refractivity contribution >= 4 is 18.9 Å². The van der Waals surface area contributed by atoms with Crippen LogP contribution in [0.5, 0.6) is 0 Å². The molecule has 0 heterocycles. The summed E-state index contributed by atoms with van der Waals surface area (Å²) in [5.41, 5.74) is 6.27. The van der Waals surface area contributed by atoms with Crippen molar-refractivity contribution in [3.63, 3.8) is 0 Å². The smallest absolute Gasteiger partial charge is 0.178 e. The Morgan fingerprint density at radius 3 is 2.62 bits per heavy atom. The Balaban J connectivity index is 0.000000361. The minimum Gasteiger partial charge on any atom is -0.307 e. The summed E-state index contributed by atoms with van der Waals surface area (Å²) in [5, 5.41) is 0. The summed E-state index contributed by atoms with van der Waals surface area (Å²) in [6.45, 7) is 8.53. The lowest BCUT2D eigenvalue weighted by molar-refractivity contribution is -0.110. The van der Waals surface area contributed by atoms with E-state index >= 15 is 0 Å². The molecule has 3 atom stereocenters. The van der Waals surface area contributed by atoms with E-state index in [4.69, 9.17) is 4.79 Å². The van der Waals surface area contributed by atoms with Crippen molar-refractivity contribution < 1.29 is 14.4 Å². The molecule has 0 amide bonds. The SMILES string of the molecule is C=O.CC1CC=C2C3=C(CCC21)C1(C)C=CC(=O)C=C1CC3.CCC=O. The van der Waals surface area contributed by atoms with Crippen LogP contribution in [0.4, 0.5) is 0 Å². The first-order chi connectivity index (χ1) is 12.5. The highest BCUT2D eigenvalue weighted by Crippen LogP contribution is 2.56. The minimum atomic E-state index is 0.0269. The average Bonchev–Trinajstić information content (AvgIpc) is 3.05. The maximum Gasteiger partial charge on any atom is 0.178 e. The molecule has 0 bridgehead atoms. The first-order valence-corrected chi connectivity index (χ1v) is 9.61. The number of rotatable bonds is 1. The molecule has 26 heavy (non-hydrogen) atoms. The van der Waals surface area contributed by atoms with E-state index in [0.29, 0.717) is 6.42 Å². The molecule has 0 aromatic rings. The Hall–Kier alpha value is -2.03. The van der Waals surface area contributed by atoms with Gasteiger partial charge in [-0.2, -0.15) is 0 Å². The Labute approximate surface area is 156 Å². The van der Waals surface area contributed by atoms with Gasteiger partial charge in [0.25, 0.3) is 0 Å². The molecule has 0 aromatic heterocycles. The number of aldehydes is 1. The van der Waals surface area contributed by atoms with Gasteiger partial charge in [-0.05, 0) is 74.2 Å². The van der Waals surface area contributed by atoms with E-state index in [0.717, 1.165) is 31.0 Å². The van der Waals surface area contributed by atoms with Gasteiger partial charge in [0, 0.05) is 11.8 Å². The van der Waals surface area contributed by atoms with Gasteiger partial charge in [0.05, 0.1) is 0 Å². The average molecular weight is 354 g/mol. The highest BCUT2D eigenvalue weighted by molar-refractivity contribution is 6.01. The van der Waals surface area contributed by atoms with Gasteiger partial charge in [-0.25, -0.2) is 0 Å². The van der Waals surface area contributed by atoms with Crippen molar-refractivity contribution in [1.82, 2.24) is 0 Å². The Morgan fingerprint density at radius 1 is 1.27 bits per heavy atom. The second kappa shape index (κ2) is 8.57. The van der Waals surface area contributed by atoms with Crippen molar-refractivity contribution in [1.29, 1.82) is 0 Å². The number of carbonyl (C=O) groups is 3. The fraction of sp³-hybridized carbons (Fsp3) is 0.522. The molecule has 4 aliphatic carbocycles. The molecule has 0 N–H and O–H groups in total. The van der Waals surface area contributed by atoms with Crippen LogP contribution in [0, 0.1) is 17.3 Å². The molecule has 4 rings (SSSR count). The first kappa shape index (κ1) is 20.3. The number of hydrogen-bond donors (Lipinski definition) is 0. The fourth-order valence-electron chi connectivity index (χ4n) is 4.83. The third kappa shape index (κ3) is 3.58. The highest BCUT2D eigenvalue weighted by atomic mass is 16.1. The summed E-state index contributed by atoms with van der Waals surface area (Å²) >= 11 is 0. The van der Waals surface area contributed by atoms with Gasteiger partial charge in [0.2, 0.25) is 0 Å². The van der Waals surface area contributed by atoms with Gasteiger partial charge < -0.3 is 9.59 Å². The molecule has 0 aromatic carbocycles. The molecule has 0 fully saturated rings. The van der Waals surface area contributed by atoms with Crippen LogP contribution in [0.3, 0.4) is 0 Å². The van der Waals surface area contributed by atoms with E-state index in [9.17, 15) is 9.59 Å². The molecule has 0 saturated carbocycles. The van der Waals surface area contributed by atoms with Crippen molar-refractivity contribution in [3.05, 3.63) is 46.6 Å². The van der Waals surface area contributed by atoms with E-state index in [-0.39, 0.29) is 11.2 Å². The van der Waals surface area contributed by atoms with Crippen LogP contribution in [-0.4, -0.2) is 18.9 Å². The van der Waals surface area contributed by atoms with E-state index in [1.165, 1.54) is 24.8 Å². The van der Waals surface area contributed by atoms with Crippen LogP contribution in [0.15, 0.2) is 46.6 Å². The molecule has 3 nitrogen and oxygen atoms in total. The van der Waals surface area contributed by atoms with Crippen LogP contribution in [0.2, 0.25) is 0 Å². The Bertz CT molecular complexity index is 692. The van der Waals surface area contributed by atoms with Gasteiger partial charge in [-0.1, -0.05) is 37.1 Å². The van der Waals surface area contributed by atoms with E-state index < -0.39 is 0 Å². The van der Waals surface area contributed by atoms with Gasteiger partial charge >= 0.3 is 0 Å². The van der Waals surface area contributed by atoms with Gasteiger partial charge in [0.15, 0.2) is 5.78 Å². The van der Waals surface area contributed by atoms with Crippen LogP contribution < -0.4 is 0 Å². The summed E-state index contributed by atoms with van der Waals surface area (Å²) in [6, 6.07) is 0. The Morgan fingerprint density at radius 2 is 1.96 bits per heavy atom. The van der Waals surface area contributed by atoms with E-state index in [1.807, 2.05) is 19.8 Å². The van der Waals surface area contributed by atoms with Crippen LogP contribution >= 0.6 is 0 Å². The number of fused-ring (bicyclic) bond motifs is 4. The number of hydrogen-bond acceptors (Lipinski definition) is 3. The fourth-order valence-corrected chi connectivity index (χ4v) is 4.83. The topological polar surface area (TPSA) is 51.2 Å². The predicted octanol–water partition coefficient (Wildman–Crippen LogP) is 4.94. The monoisotopic (exact) mass is 354 g/mol. The molecule has 0 spiro atoms. The molecule has 4 aliphatic rings.